The Bertz CT molecular complexity index is 738. The maximum Gasteiger partial charge on any atom is 0.137 e. The van der Waals surface area contributed by atoms with Crippen molar-refractivity contribution in [1.82, 2.24) is 0 Å². The molecule has 0 aromatic heterocycles. The van der Waals surface area contributed by atoms with E-state index >= 15 is 0 Å². The second-order valence-corrected chi connectivity index (χ2v) is 7.22. The average molecular weight is 383 g/mol. The molecular formula is C22H29N3O3+2. The fraction of sp³-hybridized carbons (Fsp3) is 0.409. The highest BCUT2D eigenvalue weighted by atomic mass is 16.5. The molecule has 6 nitrogen and oxygen atoms in total. The second-order valence-electron chi connectivity index (χ2n) is 7.22. The molecule has 2 aromatic rings. The van der Waals surface area contributed by atoms with Crippen LogP contribution in [0.15, 0.2) is 54.6 Å². The van der Waals surface area contributed by atoms with Crippen LogP contribution < -0.4 is 19.3 Å². The molecule has 0 bridgehead atoms. The molecule has 1 fully saturated rings. The molecule has 148 valence electrons. The van der Waals surface area contributed by atoms with Gasteiger partial charge in [-0.1, -0.05) is 18.2 Å². The zero-order valence-electron chi connectivity index (χ0n) is 16.1. The summed E-state index contributed by atoms with van der Waals surface area (Å²) >= 11 is 0. The van der Waals surface area contributed by atoms with E-state index in [0.717, 1.165) is 45.1 Å². The Labute approximate surface area is 166 Å². The van der Waals surface area contributed by atoms with Gasteiger partial charge in [-0.15, -0.1) is 0 Å². The molecule has 2 aromatic carbocycles. The largest absolute Gasteiger partial charge is 0.491 e. The molecule has 0 aliphatic carbocycles. The summed E-state index contributed by atoms with van der Waals surface area (Å²) in [6, 6.07) is 19.0. The van der Waals surface area contributed by atoms with E-state index in [2.05, 4.69) is 6.07 Å². The highest BCUT2D eigenvalue weighted by Crippen LogP contribution is 2.11. The van der Waals surface area contributed by atoms with Crippen molar-refractivity contribution in [3.05, 3.63) is 60.2 Å². The fourth-order valence-corrected chi connectivity index (χ4v) is 3.45. The Kier molecular flexibility index (Phi) is 7.68. The Hall–Kier alpha value is -2.59. The number of aliphatic hydroxyl groups excluding tert-OH is 1. The molecular weight excluding hydrogens is 354 g/mol. The van der Waals surface area contributed by atoms with Crippen LogP contribution in [0.25, 0.3) is 0 Å². The lowest BCUT2D eigenvalue weighted by atomic mass is 10.2. The number of ether oxygens (including phenoxy) is 2. The van der Waals surface area contributed by atoms with E-state index in [0.29, 0.717) is 17.9 Å². The predicted molar refractivity (Wildman–Crippen MR) is 106 cm³/mol. The smallest absolute Gasteiger partial charge is 0.137 e. The molecule has 6 heteroatoms. The van der Waals surface area contributed by atoms with Crippen LogP contribution >= 0.6 is 0 Å². The van der Waals surface area contributed by atoms with Gasteiger partial charge in [0.2, 0.25) is 0 Å². The van der Waals surface area contributed by atoms with Crippen LogP contribution in [0.4, 0.5) is 0 Å². The maximum absolute atomic E-state index is 10.3. The SMILES string of the molecule is N#Cc1ccc(OC[C@@H](O)C[NH+]2CC[NH+](CCOc3ccccc3)CC2)cc1. The summed E-state index contributed by atoms with van der Waals surface area (Å²) in [5.74, 6) is 1.61. The first-order valence-electron chi connectivity index (χ1n) is 9.89. The molecule has 0 spiro atoms. The fourth-order valence-electron chi connectivity index (χ4n) is 3.45. The van der Waals surface area contributed by atoms with Crippen LogP contribution in [0.1, 0.15) is 5.56 Å². The topological polar surface area (TPSA) is 71.4 Å². The summed E-state index contributed by atoms with van der Waals surface area (Å²) < 4.78 is 11.4. The minimum absolute atomic E-state index is 0.275. The van der Waals surface area contributed by atoms with Gasteiger partial charge in [-0.05, 0) is 36.4 Å². The van der Waals surface area contributed by atoms with Crippen molar-refractivity contribution in [2.75, 3.05) is 52.5 Å². The second kappa shape index (κ2) is 10.7. The Morgan fingerprint density at radius 1 is 0.893 bits per heavy atom. The zero-order chi connectivity index (χ0) is 19.6. The van der Waals surface area contributed by atoms with Crippen LogP contribution in [-0.2, 0) is 0 Å². The van der Waals surface area contributed by atoms with E-state index in [9.17, 15) is 5.11 Å². The van der Waals surface area contributed by atoms with Crippen LogP contribution in [-0.4, -0.2) is 63.7 Å². The van der Waals surface area contributed by atoms with Crippen molar-refractivity contribution >= 4 is 0 Å². The number of benzene rings is 2. The van der Waals surface area contributed by atoms with Crippen molar-refractivity contribution in [2.24, 2.45) is 0 Å². The standard InChI is InChI=1S/C22H27N3O3/c23-16-19-6-8-22(9-7-19)28-18-20(26)17-25-12-10-24(11-13-25)14-15-27-21-4-2-1-3-5-21/h1-9,20,26H,10-15,17-18H2/p+2/t20-/m0/s1. The van der Waals surface area contributed by atoms with Gasteiger partial charge in [0.15, 0.2) is 0 Å². The summed E-state index contributed by atoms with van der Waals surface area (Å²) in [6.45, 7) is 7.00. The lowest BCUT2D eigenvalue weighted by Gasteiger charge is -2.30. The van der Waals surface area contributed by atoms with Crippen LogP contribution in [0, 0.1) is 11.3 Å². The summed E-state index contributed by atoms with van der Waals surface area (Å²) in [7, 11) is 0. The van der Waals surface area contributed by atoms with E-state index in [1.165, 1.54) is 4.90 Å². The molecule has 1 atom stereocenters. The van der Waals surface area contributed by atoms with Gasteiger partial charge in [0.05, 0.1) is 11.6 Å². The van der Waals surface area contributed by atoms with E-state index in [1.807, 2.05) is 30.3 Å². The van der Waals surface area contributed by atoms with Gasteiger partial charge in [-0.25, -0.2) is 0 Å². The predicted octanol–water partition coefficient (Wildman–Crippen LogP) is -0.840. The Morgan fingerprint density at radius 2 is 1.54 bits per heavy atom. The maximum atomic E-state index is 10.3. The van der Waals surface area contributed by atoms with Crippen LogP contribution in [0.2, 0.25) is 0 Å². The number of quaternary nitrogens is 2. The van der Waals surface area contributed by atoms with Crippen LogP contribution in [0.3, 0.4) is 0 Å². The number of hydrogen-bond donors (Lipinski definition) is 3. The highest BCUT2D eigenvalue weighted by molar-refractivity contribution is 5.34. The van der Waals surface area contributed by atoms with E-state index in [-0.39, 0.29) is 6.61 Å². The normalized spacial score (nSPS) is 20.1. The minimum Gasteiger partial charge on any atom is -0.491 e. The van der Waals surface area contributed by atoms with E-state index < -0.39 is 6.10 Å². The Morgan fingerprint density at radius 3 is 2.21 bits per heavy atom. The first-order valence-corrected chi connectivity index (χ1v) is 9.89. The van der Waals surface area contributed by atoms with Crippen LogP contribution in [0.5, 0.6) is 11.5 Å². The molecule has 1 heterocycles. The van der Waals surface area contributed by atoms with Gasteiger partial charge < -0.3 is 24.4 Å². The number of hydrogen-bond acceptors (Lipinski definition) is 4. The number of rotatable bonds is 9. The molecule has 3 N–H and O–H groups in total. The monoisotopic (exact) mass is 383 g/mol. The third-order valence-corrected chi connectivity index (χ3v) is 5.08. The number of nitrogens with one attached hydrogen (secondary N) is 2. The summed E-state index contributed by atoms with van der Waals surface area (Å²) in [5, 5.41) is 19.1. The third kappa shape index (κ3) is 6.54. The number of aliphatic hydroxyl groups is 1. The molecule has 0 unspecified atom stereocenters. The van der Waals surface area contributed by atoms with Crippen molar-refractivity contribution in [3.63, 3.8) is 0 Å². The molecule has 1 aliphatic rings. The first-order chi connectivity index (χ1) is 13.7. The van der Waals surface area contributed by atoms with Gasteiger partial charge >= 0.3 is 0 Å². The quantitative estimate of drug-likeness (QED) is 0.528. The van der Waals surface area contributed by atoms with Crippen molar-refractivity contribution < 1.29 is 24.4 Å². The van der Waals surface area contributed by atoms with Gasteiger partial charge in [0, 0.05) is 0 Å². The zero-order valence-corrected chi connectivity index (χ0v) is 16.1. The molecule has 3 rings (SSSR count). The van der Waals surface area contributed by atoms with Gasteiger partial charge in [0.25, 0.3) is 0 Å². The molecule has 1 saturated heterocycles. The van der Waals surface area contributed by atoms with Gasteiger partial charge in [-0.3, -0.25) is 0 Å². The van der Waals surface area contributed by atoms with Crippen molar-refractivity contribution in [1.29, 1.82) is 5.26 Å². The van der Waals surface area contributed by atoms with E-state index in [4.69, 9.17) is 14.7 Å². The number of nitriles is 1. The summed E-state index contributed by atoms with van der Waals surface area (Å²) in [4.78, 5) is 2.98. The molecule has 28 heavy (non-hydrogen) atoms. The first kappa shape index (κ1) is 20.2. The summed E-state index contributed by atoms with van der Waals surface area (Å²) in [6.07, 6.45) is -0.492. The van der Waals surface area contributed by atoms with E-state index in [1.54, 1.807) is 29.2 Å². The van der Waals surface area contributed by atoms with Gasteiger partial charge in [0.1, 0.15) is 70.1 Å². The Balaban J connectivity index is 1.29. The van der Waals surface area contributed by atoms with Gasteiger partial charge in [-0.2, -0.15) is 5.26 Å². The molecule has 0 amide bonds. The lowest BCUT2D eigenvalue weighted by molar-refractivity contribution is -1.01. The molecule has 0 radical (unpaired) electrons. The molecule has 0 saturated carbocycles. The average Bonchev–Trinajstić information content (AvgIpc) is 2.75. The van der Waals surface area contributed by atoms with Crippen molar-refractivity contribution in [3.8, 4) is 17.6 Å². The number of para-hydroxylation sites is 1. The van der Waals surface area contributed by atoms with Crippen molar-refractivity contribution in [2.45, 2.75) is 6.10 Å². The number of piperazine rings is 1. The third-order valence-electron chi connectivity index (χ3n) is 5.08. The number of nitrogens with zero attached hydrogens (tertiary/aromatic N) is 1. The lowest BCUT2D eigenvalue weighted by Crippen LogP contribution is -3.28. The highest BCUT2D eigenvalue weighted by Gasteiger charge is 2.25. The summed E-state index contributed by atoms with van der Waals surface area (Å²) in [5.41, 5.74) is 0.604. The molecule has 1 aliphatic heterocycles. The minimum atomic E-state index is -0.492.